The highest BCUT2D eigenvalue weighted by Gasteiger charge is 2.36. The maximum atomic E-state index is 15.7. The fraction of sp³-hybridized carbons (Fsp3) is 0.390. The molecule has 9 nitrogen and oxygen atoms in total. The summed E-state index contributed by atoms with van der Waals surface area (Å²) in [6.45, 7) is 11.6. The lowest BCUT2D eigenvalue weighted by molar-refractivity contribution is -0.138. The molecule has 1 aliphatic heterocycles. The quantitative estimate of drug-likeness (QED) is 0.144. The van der Waals surface area contributed by atoms with E-state index in [0.717, 1.165) is 16.7 Å². The van der Waals surface area contributed by atoms with Crippen LogP contribution in [0, 0.1) is 17.0 Å². The minimum absolute atomic E-state index is 0.0263. The first-order valence-corrected chi connectivity index (χ1v) is 19.7. The molecule has 0 saturated heterocycles. The first kappa shape index (κ1) is 37.9. The molecule has 0 spiro atoms. The molecule has 12 heteroatoms. The number of ether oxygens (including phenoxy) is 2. The van der Waals surface area contributed by atoms with Crippen LogP contribution in [0.4, 0.5) is 8.78 Å². The van der Waals surface area contributed by atoms with E-state index in [0.29, 0.717) is 47.1 Å². The zero-order chi connectivity index (χ0) is 38.3. The van der Waals surface area contributed by atoms with Crippen molar-refractivity contribution in [2.24, 2.45) is 12.5 Å². The number of carbonyl (C=O) groups excluding carboxylic acids is 1. The second kappa shape index (κ2) is 14.5. The van der Waals surface area contributed by atoms with Crippen molar-refractivity contribution >= 4 is 32.3 Å². The normalized spacial score (nSPS) is 19.3. The molecule has 6 rings (SSSR count). The molecule has 53 heavy (non-hydrogen) atoms. The highest BCUT2D eigenvalue weighted by atomic mass is 32.2. The molecule has 0 radical (unpaired) electrons. The summed E-state index contributed by atoms with van der Waals surface area (Å²) in [7, 11) is -1.91. The molecule has 3 heterocycles. The standard InChI is InChI=1S/C41H46F2N4O5S/c1-8-51-38(48)26(3)25(2)27-11-9-12-28(21-27)41(6)18-10-17-40(4,5)24-53(49,50)20-16-31-30-15-19-44-35(30)23-34(43)36(31)52-29-13-14-33(42)32(22-29)37-45-39(41)46-47(37)7/h9,11-15,19,21-23,44H,8,10,16-18,20,24H2,1-7H3/b26-25+. The van der Waals surface area contributed by atoms with Crippen LogP contribution >= 0.6 is 0 Å². The number of allylic oxidation sites excluding steroid dienone is 1. The van der Waals surface area contributed by atoms with Gasteiger partial charge in [-0.05, 0) is 93.3 Å². The highest BCUT2D eigenvalue weighted by Crippen LogP contribution is 2.41. The van der Waals surface area contributed by atoms with E-state index in [9.17, 15) is 13.2 Å². The number of aryl methyl sites for hydroxylation is 2. The topological polar surface area (TPSA) is 116 Å². The van der Waals surface area contributed by atoms with E-state index in [4.69, 9.17) is 19.6 Å². The van der Waals surface area contributed by atoms with Gasteiger partial charge in [0.1, 0.15) is 11.6 Å². The third kappa shape index (κ3) is 7.78. The third-order valence-corrected chi connectivity index (χ3v) is 12.4. The van der Waals surface area contributed by atoms with Crippen molar-refractivity contribution < 1.29 is 31.5 Å². The summed E-state index contributed by atoms with van der Waals surface area (Å²) in [6, 6.07) is 15.0. The Morgan fingerprint density at radius 3 is 2.57 bits per heavy atom. The lowest BCUT2D eigenvalue weighted by Gasteiger charge is -2.31. The van der Waals surface area contributed by atoms with Gasteiger partial charge in [-0.3, -0.25) is 0 Å². The number of nitrogens with zero attached hydrogens (tertiary/aromatic N) is 3. The molecule has 3 aromatic carbocycles. The molecule has 5 aromatic rings. The molecule has 0 saturated carbocycles. The molecule has 1 N–H and O–H groups in total. The smallest absolute Gasteiger partial charge is 0.333 e. The van der Waals surface area contributed by atoms with Gasteiger partial charge in [0.2, 0.25) is 0 Å². The minimum atomic E-state index is -3.60. The second-order valence-corrected chi connectivity index (χ2v) is 17.2. The Bertz CT molecular complexity index is 2340. The van der Waals surface area contributed by atoms with E-state index in [-0.39, 0.29) is 53.4 Å². The van der Waals surface area contributed by atoms with Crippen molar-refractivity contribution in [3.8, 4) is 22.9 Å². The van der Waals surface area contributed by atoms with Gasteiger partial charge < -0.3 is 14.5 Å². The SMILES string of the molecule is CCOC(=O)/C(C)=C(\C)c1cccc(C2(C)CCCC(C)(C)CS(=O)(=O)CCc3c(c(F)cc4[nH]ccc34)Oc3ccc(F)c(c3)-c3nc2nn3C)c1. The summed E-state index contributed by atoms with van der Waals surface area (Å²) >= 11 is 0. The zero-order valence-electron chi connectivity index (χ0n) is 31.3. The Morgan fingerprint density at radius 1 is 1.04 bits per heavy atom. The van der Waals surface area contributed by atoms with Crippen molar-refractivity contribution in [1.29, 1.82) is 0 Å². The molecule has 1 aliphatic rings. The number of sulfone groups is 1. The van der Waals surface area contributed by atoms with Crippen molar-refractivity contribution in [2.75, 3.05) is 18.1 Å². The number of benzene rings is 3. The monoisotopic (exact) mass is 744 g/mol. The Kier molecular flexibility index (Phi) is 10.4. The van der Waals surface area contributed by atoms with Gasteiger partial charge in [-0.25, -0.2) is 31.7 Å². The fourth-order valence-corrected chi connectivity index (χ4v) is 9.29. The summed E-state index contributed by atoms with van der Waals surface area (Å²) in [6.07, 6.45) is 3.45. The first-order valence-electron chi connectivity index (χ1n) is 17.9. The summed E-state index contributed by atoms with van der Waals surface area (Å²) in [4.78, 5) is 20.6. The summed E-state index contributed by atoms with van der Waals surface area (Å²) in [5.41, 5.74) is 2.62. The highest BCUT2D eigenvalue weighted by molar-refractivity contribution is 7.91. The third-order valence-electron chi connectivity index (χ3n) is 10.4. The number of hydrogen-bond acceptors (Lipinski definition) is 7. The summed E-state index contributed by atoms with van der Waals surface area (Å²) in [5.74, 6) is -1.14. The zero-order valence-corrected chi connectivity index (χ0v) is 32.1. The van der Waals surface area contributed by atoms with Gasteiger partial charge >= 0.3 is 5.97 Å². The van der Waals surface area contributed by atoms with Gasteiger partial charge in [0, 0.05) is 41.4 Å². The van der Waals surface area contributed by atoms with Crippen LogP contribution < -0.4 is 4.74 Å². The van der Waals surface area contributed by atoms with Crippen molar-refractivity contribution in [3.05, 3.63) is 101 Å². The van der Waals surface area contributed by atoms with Crippen molar-refractivity contribution in [2.45, 2.75) is 72.6 Å². The number of aromatic nitrogens is 4. The number of rotatable bonds is 4. The largest absolute Gasteiger partial charge is 0.463 e. The molecule has 0 fully saturated rings. The van der Waals surface area contributed by atoms with Crippen molar-refractivity contribution in [1.82, 2.24) is 19.7 Å². The predicted molar refractivity (Wildman–Crippen MR) is 203 cm³/mol. The van der Waals surface area contributed by atoms with E-state index in [1.165, 1.54) is 28.9 Å². The van der Waals surface area contributed by atoms with Gasteiger partial charge in [-0.1, -0.05) is 44.5 Å². The lowest BCUT2D eigenvalue weighted by atomic mass is 9.75. The number of esters is 1. The molecule has 0 aliphatic carbocycles. The Morgan fingerprint density at radius 2 is 1.81 bits per heavy atom. The van der Waals surface area contributed by atoms with E-state index in [1.807, 2.05) is 52.0 Å². The maximum absolute atomic E-state index is 15.7. The van der Waals surface area contributed by atoms with Gasteiger partial charge in [-0.15, -0.1) is 0 Å². The molecular weight excluding hydrogens is 699 g/mol. The molecule has 1 unspecified atom stereocenters. The van der Waals surface area contributed by atoms with Crippen molar-refractivity contribution in [3.63, 3.8) is 0 Å². The molecule has 0 amide bonds. The van der Waals surface area contributed by atoms with Gasteiger partial charge in [0.05, 0.1) is 29.1 Å². The molecule has 1 atom stereocenters. The second-order valence-electron chi connectivity index (χ2n) is 15.0. The average Bonchev–Trinajstić information content (AvgIpc) is 3.73. The molecular formula is C41H46F2N4O5S. The molecule has 2 aromatic heterocycles. The number of carbonyl (C=O) groups is 1. The number of aromatic amines is 1. The van der Waals surface area contributed by atoms with E-state index in [2.05, 4.69) is 4.98 Å². The van der Waals surface area contributed by atoms with Gasteiger partial charge in [0.15, 0.2) is 33.1 Å². The van der Waals surface area contributed by atoms with Crippen LogP contribution in [0.5, 0.6) is 11.5 Å². The number of fused-ring (bicyclic) bond motifs is 8. The number of nitrogens with one attached hydrogen (secondary N) is 1. The Hall–Kier alpha value is -4.84. The van der Waals surface area contributed by atoms with Crippen LogP contribution in [0.3, 0.4) is 0 Å². The summed E-state index contributed by atoms with van der Waals surface area (Å²) < 4.78 is 71.8. The van der Waals surface area contributed by atoms with Gasteiger partial charge in [-0.2, -0.15) is 5.10 Å². The summed E-state index contributed by atoms with van der Waals surface area (Å²) in [5, 5.41) is 5.49. The van der Waals surface area contributed by atoms with Gasteiger partial charge in [0.25, 0.3) is 0 Å². The van der Waals surface area contributed by atoms with Crippen LogP contribution in [-0.2, 0) is 38.3 Å². The Balaban J connectivity index is 1.51. The molecule has 4 bridgehead atoms. The fourth-order valence-electron chi connectivity index (χ4n) is 7.30. The van der Waals surface area contributed by atoms with Crippen LogP contribution in [0.25, 0.3) is 27.9 Å². The van der Waals surface area contributed by atoms with Crippen LogP contribution in [0.2, 0.25) is 0 Å². The molecule has 280 valence electrons. The number of hydrogen-bond donors (Lipinski definition) is 1. The van der Waals surface area contributed by atoms with E-state index in [1.54, 1.807) is 33.2 Å². The van der Waals surface area contributed by atoms with Crippen LogP contribution in [0.1, 0.15) is 83.3 Å². The lowest BCUT2D eigenvalue weighted by Crippen LogP contribution is -2.29. The van der Waals surface area contributed by atoms with Crippen LogP contribution in [0.15, 0.2) is 66.4 Å². The number of halogens is 2. The first-order chi connectivity index (χ1) is 25.0. The Labute approximate surface area is 309 Å². The predicted octanol–water partition coefficient (Wildman–Crippen LogP) is 8.86. The van der Waals surface area contributed by atoms with Crippen LogP contribution in [-0.4, -0.2) is 52.2 Å². The number of H-pyrrole nitrogens is 1. The minimum Gasteiger partial charge on any atom is -0.463 e. The maximum Gasteiger partial charge on any atom is 0.333 e. The van der Waals surface area contributed by atoms with E-state index >= 15 is 8.78 Å². The van der Waals surface area contributed by atoms with E-state index < -0.39 is 32.3 Å². The average molecular weight is 745 g/mol.